The Morgan fingerprint density at radius 1 is 1.42 bits per heavy atom. The molecule has 0 aromatic heterocycles. The Bertz CT molecular complexity index is 355. The summed E-state index contributed by atoms with van der Waals surface area (Å²) in [6.45, 7) is 5.68. The maximum atomic E-state index is 12.6. The zero-order valence-corrected chi connectivity index (χ0v) is 11.5. The van der Waals surface area contributed by atoms with E-state index in [0.717, 1.165) is 12.8 Å². The van der Waals surface area contributed by atoms with Crippen molar-refractivity contribution in [1.82, 2.24) is 9.80 Å². The Morgan fingerprint density at radius 2 is 2.11 bits per heavy atom. The average Bonchev–Trinajstić information content (AvgIpc) is 3.19. The van der Waals surface area contributed by atoms with Crippen molar-refractivity contribution < 1.29 is 19.4 Å². The molecule has 1 aliphatic heterocycles. The highest BCUT2D eigenvalue weighted by molar-refractivity contribution is 5.83. The van der Waals surface area contributed by atoms with Crippen molar-refractivity contribution in [2.45, 2.75) is 38.8 Å². The molecule has 2 rings (SSSR count). The summed E-state index contributed by atoms with van der Waals surface area (Å²) in [7, 11) is 0. The number of nitrogens with zero attached hydrogens (tertiary/aromatic N) is 2. The number of urea groups is 1. The van der Waals surface area contributed by atoms with Gasteiger partial charge in [0.25, 0.3) is 0 Å². The summed E-state index contributed by atoms with van der Waals surface area (Å²) in [5, 5.41) is 9.18. The number of rotatable bonds is 4. The molecule has 0 spiro atoms. The van der Waals surface area contributed by atoms with Gasteiger partial charge in [-0.3, -0.25) is 0 Å². The van der Waals surface area contributed by atoms with Crippen LogP contribution in [0.15, 0.2) is 0 Å². The van der Waals surface area contributed by atoms with Crippen LogP contribution in [-0.4, -0.2) is 65.3 Å². The van der Waals surface area contributed by atoms with Crippen LogP contribution in [0.1, 0.15) is 26.7 Å². The molecule has 0 aromatic rings. The first-order valence-corrected chi connectivity index (χ1v) is 6.88. The zero-order valence-electron chi connectivity index (χ0n) is 11.5. The van der Waals surface area contributed by atoms with Gasteiger partial charge in [-0.1, -0.05) is 13.8 Å². The van der Waals surface area contributed by atoms with Crippen LogP contribution in [0, 0.1) is 5.92 Å². The van der Waals surface area contributed by atoms with E-state index < -0.39 is 12.0 Å². The van der Waals surface area contributed by atoms with Crippen molar-refractivity contribution in [3.8, 4) is 0 Å². The Hall–Kier alpha value is -1.30. The number of carbonyl (C=O) groups is 2. The molecule has 1 aliphatic carbocycles. The maximum Gasteiger partial charge on any atom is 0.328 e. The molecular formula is C13H22N2O4. The largest absolute Gasteiger partial charge is 0.480 e. The molecule has 1 saturated carbocycles. The second-order valence-electron chi connectivity index (χ2n) is 5.68. The fourth-order valence-electron chi connectivity index (χ4n) is 2.37. The van der Waals surface area contributed by atoms with E-state index in [1.54, 1.807) is 0 Å². The van der Waals surface area contributed by atoms with Crippen LogP contribution >= 0.6 is 0 Å². The number of ether oxygens (including phenoxy) is 1. The second-order valence-corrected chi connectivity index (χ2v) is 5.68. The van der Waals surface area contributed by atoms with Crippen molar-refractivity contribution >= 4 is 12.0 Å². The maximum absolute atomic E-state index is 12.6. The number of hydrogen-bond acceptors (Lipinski definition) is 3. The Labute approximate surface area is 113 Å². The Kier molecular flexibility index (Phi) is 4.29. The van der Waals surface area contributed by atoms with Gasteiger partial charge in [0, 0.05) is 19.1 Å². The van der Waals surface area contributed by atoms with Crippen LogP contribution in [-0.2, 0) is 9.53 Å². The SMILES string of the molecule is CC(C)CN(C(=O)N1CCOCC1C(=O)O)C1CC1. The predicted molar refractivity (Wildman–Crippen MR) is 68.9 cm³/mol. The van der Waals surface area contributed by atoms with Gasteiger partial charge >= 0.3 is 12.0 Å². The lowest BCUT2D eigenvalue weighted by atomic mass is 10.2. The summed E-state index contributed by atoms with van der Waals surface area (Å²) >= 11 is 0. The minimum Gasteiger partial charge on any atom is -0.480 e. The summed E-state index contributed by atoms with van der Waals surface area (Å²) in [6, 6.07) is -0.700. The van der Waals surface area contributed by atoms with E-state index in [0.29, 0.717) is 31.7 Å². The van der Waals surface area contributed by atoms with Crippen LogP contribution in [0.25, 0.3) is 0 Å². The summed E-state index contributed by atoms with van der Waals surface area (Å²) < 4.78 is 5.17. The first-order chi connectivity index (χ1) is 9.00. The van der Waals surface area contributed by atoms with Gasteiger partial charge in [0.05, 0.1) is 13.2 Å². The summed E-state index contributed by atoms with van der Waals surface area (Å²) in [6.07, 6.45) is 2.06. The molecule has 1 heterocycles. The van der Waals surface area contributed by atoms with Crippen LogP contribution < -0.4 is 0 Å². The summed E-state index contributed by atoms with van der Waals surface area (Å²) in [4.78, 5) is 27.1. The number of aliphatic carboxylic acids is 1. The fourth-order valence-corrected chi connectivity index (χ4v) is 2.37. The van der Waals surface area contributed by atoms with E-state index in [1.165, 1.54) is 4.90 Å². The summed E-state index contributed by atoms with van der Waals surface area (Å²) in [5.41, 5.74) is 0. The van der Waals surface area contributed by atoms with Crippen molar-refractivity contribution in [1.29, 1.82) is 0 Å². The van der Waals surface area contributed by atoms with Crippen LogP contribution in [0.2, 0.25) is 0 Å². The Morgan fingerprint density at radius 3 is 2.63 bits per heavy atom. The van der Waals surface area contributed by atoms with Crippen molar-refractivity contribution in [3.05, 3.63) is 0 Å². The number of carboxylic acids is 1. The molecule has 1 N–H and O–H groups in total. The average molecular weight is 270 g/mol. The van der Waals surface area contributed by atoms with E-state index >= 15 is 0 Å². The van der Waals surface area contributed by atoms with E-state index in [-0.39, 0.29) is 12.6 Å². The first-order valence-electron chi connectivity index (χ1n) is 6.88. The highest BCUT2D eigenvalue weighted by atomic mass is 16.5. The number of morpholine rings is 1. The first kappa shape index (κ1) is 14.1. The standard InChI is InChI=1S/C13H22N2O4/c1-9(2)7-15(10-3-4-10)13(18)14-5-6-19-8-11(14)12(16)17/h9-11H,3-8H2,1-2H3,(H,16,17). The normalized spacial score (nSPS) is 23.5. The van der Waals surface area contributed by atoms with E-state index in [4.69, 9.17) is 4.74 Å². The molecule has 19 heavy (non-hydrogen) atoms. The molecule has 1 unspecified atom stereocenters. The molecule has 1 saturated heterocycles. The molecule has 6 heteroatoms. The molecule has 6 nitrogen and oxygen atoms in total. The molecule has 1 atom stereocenters. The van der Waals surface area contributed by atoms with Gasteiger partial charge < -0.3 is 19.6 Å². The topological polar surface area (TPSA) is 70.1 Å². The Balaban J connectivity index is 2.08. The third-order valence-electron chi connectivity index (χ3n) is 3.45. The quantitative estimate of drug-likeness (QED) is 0.827. The van der Waals surface area contributed by atoms with Crippen molar-refractivity contribution in [2.24, 2.45) is 5.92 Å². The molecule has 0 radical (unpaired) electrons. The van der Waals surface area contributed by atoms with E-state index in [2.05, 4.69) is 13.8 Å². The zero-order chi connectivity index (χ0) is 14.0. The fraction of sp³-hybridized carbons (Fsp3) is 0.846. The van der Waals surface area contributed by atoms with Gasteiger partial charge in [0.1, 0.15) is 0 Å². The van der Waals surface area contributed by atoms with Gasteiger partial charge in [-0.25, -0.2) is 9.59 Å². The lowest BCUT2D eigenvalue weighted by Crippen LogP contribution is -2.57. The third kappa shape index (κ3) is 3.37. The van der Waals surface area contributed by atoms with Gasteiger partial charge in [0.2, 0.25) is 0 Å². The third-order valence-corrected chi connectivity index (χ3v) is 3.45. The van der Waals surface area contributed by atoms with Crippen LogP contribution in [0.5, 0.6) is 0 Å². The molecule has 108 valence electrons. The summed E-state index contributed by atoms with van der Waals surface area (Å²) in [5.74, 6) is -0.609. The lowest BCUT2D eigenvalue weighted by molar-refractivity contribution is -0.147. The van der Waals surface area contributed by atoms with E-state index in [1.807, 2.05) is 4.90 Å². The highest BCUT2D eigenvalue weighted by Gasteiger charge is 2.40. The molecule has 2 aliphatic rings. The number of carbonyl (C=O) groups excluding carboxylic acids is 1. The van der Waals surface area contributed by atoms with Crippen LogP contribution in [0.3, 0.4) is 0 Å². The number of hydrogen-bond donors (Lipinski definition) is 1. The smallest absolute Gasteiger partial charge is 0.328 e. The molecule has 0 bridgehead atoms. The van der Waals surface area contributed by atoms with Gasteiger partial charge in [-0.15, -0.1) is 0 Å². The minimum atomic E-state index is -0.992. The number of amides is 2. The van der Waals surface area contributed by atoms with Crippen molar-refractivity contribution in [2.75, 3.05) is 26.3 Å². The molecule has 2 fully saturated rings. The minimum absolute atomic E-state index is 0.0846. The molecule has 0 aromatic carbocycles. The molecule has 2 amide bonds. The van der Waals surface area contributed by atoms with E-state index in [9.17, 15) is 14.7 Å². The van der Waals surface area contributed by atoms with Gasteiger partial charge in [0.15, 0.2) is 6.04 Å². The van der Waals surface area contributed by atoms with Gasteiger partial charge in [-0.2, -0.15) is 0 Å². The van der Waals surface area contributed by atoms with Crippen molar-refractivity contribution in [3.63, 3.8) is 0 Å². The lowest BCUT2D eigenvalue weighted by Gasteiger charge is -2.37. The molecular weight excluding hydrogens is 248 g/mol. The highest BCUT2D eigenvalue weighted by Crippen LogP contribution is 2.29. The second kappa shape index (κ2) is 5.77. The predicted octanol–water partition coefficient (Wildman–Crippen LogP) is 1.01. The van der Waals surface area contributed by atoms with Crippen LogP contribution in [0.4, 0.5) is 4.79 Å². The van der Waals surface area contributed by atoms with Gasteiger partial charge in [-0.05, 0) is 18.8 Å². The number of carboxylic acid groups (broad SMARTS) is 1. The monoisotopic (exact) mass is 270 g/mol.